The van der Waals surface area contributed by atoms with E-state index in [0.717, 1.165) is 4.90 Å². The van der Waals surface area contributed by atoms with E-state index in [-0.39, 0.29) is 37.0 Å². The second kappa shape index (κ2) is 10.1. The number of rotatable bonds is 9. The number of thioether (sulfide) groups is 1. The number of nitrogens with zero attached hydrogens (tertiary/aromatic N) is 1. The fraction of sp³-hybridized carbons (Fsp3) is 0.273. The molecule has 1 fully saturated rings. The molecule has 2 N–H and O–H groups in total. The van der Waals surface area contributed by atoms with Crippen LogP contribution in [0.1, 0.15) is 26.2 Å². The van der Waals surface area contributed by atoms with Gasteiger partial charge < -0.3 is 15.2 Å². The summed E-state index contributed by atoms with van der Waals surface area (Å²) in [6.07, 6.45) is -0.237. The highest BCUT2D eigenvalue weighted by Crippen LogP contribution is 2.34. The van der Waals surface area contributed by atoms with Gasteiger partial charge in [-0.3, -0.25) is 19.2 Å². The van der Waals surface area contributed by atoms with E-state index < -0.39 is 11.2 Å². The molecule has 2 aromatic carbocycles. The summed E-state index contributed by atoms with van der Waals surface area (Å²) in [7, 11) is 0. The van der Waals surface area contributed by atoms with Gasteiger partial charge in [-0.15, -0.1) is 11.8 Å². The van der Waals surface area contributed by atoms with Gasteiger partial charge in [0.2, 0.25) is 17.7 Å². The standard InChI is InChI=1S/C22H22N2O6S/c1-2-30-16-7-5-15(6-8-16)24-20(26)13-18(22(24)29)31-17-9-3-14(4-10-17)23-19(25)11-12-21(27)28/h3-10,18H,2,11-13H2,1H3,(H,23,25)(H,27,28). The Balaban J connectivity index is 1.60. The van der Waals surface area contributed by atoms with Crippen LogP contribution < -0.4 is 15.0 Å². The van der Waals surface area contributed by atoms with Crippen LogP contribution in [-0.2, 0) is 19.2 Å². The summed E-state index contributed by atoms with van der Waals surface area (Å²) in [5.41, 5.74) is 1.05. The molecule has 9 heteroatoms. The molecule has 0 bridgehead atoms. The minimum atomic E-state index is -1.03. The lowest BCUT2D eigenvalue weighted by Crippen LogP contribution is -2.31. The Kier molecular flexibility index (Phi) is 7.30. The van der Waals surface area contributed by atoms with E-state index in [1.54, 1.807) is 48.5 Å². The Hall–Kier alpha value is -3.33. The highest BCUT2D eigenvalue weighted by molar-refractivity contribution is 8.00. The van der Waals surface area contributed by atoms with Crippen molar-refractivity contribution in [2.75, 3.05) is 16.8 Å². The largest absolute Gasteiger partial charge is 0.494 e. The van der Waals surface area contributed by atoms with Gasteiger partial charge in [0.25, 0.3) is 0 Å². The van der Waals surface area contributed by atoms with E-state index in [1.807, 2.05) is 6.92 Å². The summed E-state index contributed by atoms with van der Waals surface area (Å²) in [6.45, 7) is 2.41. The maximum Gasteiger partial charge on any atom is 0.303 e. The fourth-order valence-electron chi connectivity index (χ4n) is 3.05. The van der Waals surface area contributed by atoms with Gasteiger partial charge in [-0.25, -0.2) is 4.90 Å². The Morgan fingerprint density at radius 2 is 1.77 bits per heavy atom. The molecule has 1 heterocycles. The summed E-state index contributed by atoms with van der Waals surface area (Å²) in [6, 6.07) is 13.7. The Morgan fingerprint density at radius 3 is 2.39 bits per heavy atom. The average molecular weight is 442 g/mol. The molecule has 1 atom stereocenters. The highest BCUT2D eigenvalue weighted by Gasteiger charge is 2.40. The first-order valence-corrected chi connectivity index (χ1v) is 10.6. The number of anilines is 2. The fourth-order valence-corrected chi connectivity index (χ4v) is 4.10. The first-order valence-electron chi connectivity index (χ1n) is 9.75. The Morgan fingerprint density at radius 1 is 1.10 bits per heavy atom. The predicted octanol–water partition coefficient (Wildman–Crippen LogP) is 3.31. The molecule has 0 saturated carbocycles. The molecule has 1 saturated heterocycles. The number of carbonyl (C=O) groups is 4. The van der Waals surface area contributed by atoms with Crippen molar-refractivity contribution in [3.8, 4) is 5.75 Å². The number of hydrogen-bond acceptors (Lipinski definition) is 6. The zero-order valence-corrected chi connectivity index (χ0v) is 17.7. The van der Waals surface area contributed by atoms with Crippen molar-refractivity contribution in [2.24, 2.45) is 0 Å². The van der Waals surface area contributed by atoms with Crippen LogP contribution in [0.2, 0.25) is 0 Å². The van der Waals surface area contributed by atoms with Gasteiger partial charge in [0.05, 0.1) is 24.0 Å². The third kappa shape index (κ3) is 5.85. The molecule has 1 unspecified atom stereocenters. The van der Waals surface area contributed by atoms with Crippen LogP contribution in [-0.4, -0.2) is 40.7 Å². The summed E-state index contributed by atoms with van der Waals surface area (Å²) in [5, 5.41) is 10.7. The van der Waals surface area contributed by atoms with Crippen LogP contribution in [0.15, 0.2) is 53.4 Å². The number of carboxylic acid groups (broad SMARTS) is 1. The van der Waals surface area contributed by atoms with E-state index in [0.29, 0.717) is 23.7 Å². The van der Waals surface area contributed by atoms with Gasteiger partial charge in [0.15, 0.2) is 0 Å². The molecule has 2 aromatic rings. The van der Waals surface area contributed by atoms with Gasteiger partial charge in [-0.2, -0.15) is 0 Å². The van der Waals surface area contributed by atoms with Gasteiger partial charge >= 0.3 is 5.97 Å². The predicted molar refractivity (Wildman–Crippen MR) is 116 cm³/mol. The number of nitrogens with one attached hydrogen (secondary N) is 1. The number of ether oxygens (including phenoxy) is 1. The number of hydrogen-bond donors (Lipinski definition) is 2. The summed E-state index contributed by atoms with van der Waals surface area (Å²) >= 11 is 1.29. The topological polar surface area (TPSA) is 113 Å². The van der Waals surface area contributed by atoms with Crippen LogP contribution in [0, 0.1) is 0 Å². The first kappa shape index (κ1) is 22.4. The number of amides is 3. The van der Waals surface area contributed by atoms with Crippen LogP contribution in [0.25, 0.3) is 0 Å². The molecule has 0 aliphatic carbocycles. The Bertz CT molecular complexity index is 975. The number of imide groups is 1. The third-order valence-electron chi connectivity index (χ3n) is 4.49. The lowest BCUT2D eigenvalue weighted by atomic mass is 10.2. The number of carbonyl (C=O) groups excluding carboxylic acids is 3. The smallest absolute Gasteiger partial charge is 0.303 e. The second-order valence-corrected chi connectivity index (χ2v) is 8.05. The Labute approximate surface area is 183 Å². The van der Waals surface area contributed by atoms with Crippen LogP contribution in [0.3, 0.4) is 0 Å². The number of aliphatic carboxylic acids is 1. The van der Waals surface area contributed by atoms with Crippen molar-refractivity contribution in [1.82, 2.24) is 0 Å². The van der Waals surface area contributed by atoms with E-state index in [2.05, 4.69) is 5.32 Å². The molecule has 0 radical (unpaired) electrons. The summed E-state index contributed by atoms with van der Waals surface area (Å²) in [5.74, 6) is -1.27. The van der Waals surface area contributed by atoms with E-state index in [1.165, 1.54) is 16.7 Å². The minimum Gasteiger partial charge on any atom is -0.494 e. The van der Waals surface area contributed by atoms with Crippen molar-refractivity contribution in [3.63, 3.8) is 0 Å². The molecular formula is C22H22N2O6S. The molecular weight excluding hydrogens is 420 g/mol. The molecule has 8 nitrogen and oxygen atoms in total. The van der Waals surface area contributed by atoms with E-state index >= 15 is 0 Å². The SMILES string of the molecule is CCOc1ccc(N2C(=O)CC(Sc3ccc(NC(=O)CCC(=O)O)cc3)C2=O)cc1. The maximum absolute atomic E-state index is 12.8. The monoisotopic (exact) mass is 442 g/mol. The van der Waals surface area contributed by atoms with Crippen molar-refractivity contribution in [2.45, 2.75) is 36.3 Å². The highest BCUT2D eigenvalue weighted by atomic mass is 32.2. The molecule has 0 aromatic heterocycles. The van der Waals surface area contributed by atoms with Crippen LogP contribution in [0.5, 0.6) is 5.75 Å². The first-order chi connectivity index (χ1) is 14.9. The molecule has 1 aliphatic heterocycles. The van der Waals surface area contributed by atoms with Crippen molar-refractivity contribution in [1.29, 1.82) is 0 Å². The minimum absolute atomic E-state index is 0.102. The van der Waals surface area contributed by atoms with Gasteiger partial charge in [0, 0.05) is 23.4 Å². The average Bonchev–Trinajstić information content (AvgIpc) is 3.02. The van der Waals surface area contributed by atoms with Gasteiger partial charge in [-0.05, 0) is 55.5 Å². The third-order valence-corrected chi connectivity index (χ3v) is 5.69. The van der Waals surface area contributed by atoms with Gasteiger partial charge in [-0.1, -0.05) is 0 Å². The normalized spacial score (nSPS) is 15.8. The molecule has 3 rings (SSSR count). The lowest BCUT2D eigenvalue weighted by molar-refractivity contribution is -0.138. The summed E-state index contributed by atoms with van der Waals surface area (Å²) < 4.78 is 5.39. The van der Waals surface area contributed by atoms with Crippen molar-refractivity contribution < 1.29 is 29.0 Å². The van der Waals surface area contributed by atoms with E-state index in [4.69, 9.17) is 9.84 Å². The van der Waals surface area contributed by atoms with Crippen LogP contribution >= 0.6 is 11.8 Å². The number of carboxylic acids is 1. The van der Waals surface area contributed by atoms with Gasteiger partial charge in [0.1, 0.15) is 5.75 Å². The van der Waals surface area contributed by atoms with Crippen LogP contribution in [0.4, 0.5) is 11.4 Å². The van der Waals surface area contributed by atoms with Crippen molar-refractivity contribution >= 4 is 46.8 Å². The number of benzene rings is 2. The molecule has 31 heavy (non-hydrogen) atoms. The zero-order valence-electron chi connectivity index (χ0n) is 16.9. The summed E-state index contributed by atoms with van der Waals surface area (Å²) in [4.78, 5) is 49.5. The van der Waals surface area contributed by atoms with E-state index in [9.17, 15) is 19.2 Å². The maximum atomic E-state index is 12.8. The molecule has 3 amide bonds. The lowest BCUT2D eigenvalue weighted by Gasteiger charge is -2.15. The second-order valence-electron chi connectivity index (χ2n) is 6.77. The molecule has 0 spiro atoms. The van der Waals surface area contributed by atoms with Crippen molar-refractivity contribution in [3.05, 3.63) is 48.5 Å². The quantitative estimate of drug-likeness (QED) is 0.573. The molecule has 1 aliphatic rings. The zero-order chi connectivity index (χ0) is 22.4. The molecule has 162 valence electrons.